The first kappa shape index (κ1) is 33.5. The molecule has 2 atom stereocenters. The average Bonchev–Trinajstić information content (AvgIpc) is 3.50. The minimum Gasteiger partial charge on any atom is -0.494 e. The van der Waals surface area contributed by atoms with Crippen molar-refractivity contribution in [1.82, 2.24) is 10.9 Å². The number of hydrazine groups is 1. The van der Waals surface area contributed by atoms with E-state index in [4.69, 9.17) is 19.6 Å². The fraction of sp³-hybridized carbons (Fsp3) is 0.257. The molecule has 0 aromatic heterocycles. The third-order valence-corrected chi connectivity index (χ3v) is 7.82. The van der Waals surface area contributed by atoms with E-state index in [0.29, 0.717) is 47.7 Å². The van der Waals surface area contributed by atoms with Gasteiger partial charge in [0.25, 0.3) is 5.91 Å². The molecule has 13 heteroatoms. The lowest BCUT2D eigenvalue weighted by Crippen LogP contribution is -2.54. The summed E-state index contributed by atoms with van der Waals surface area (Å²) in [5.74, 6) is 0.304. The molecule has 4 aromatic carbocycles. The van der Waals surface area contributed by atoms with Crippen LogP contribution >= 0.6 is 0 Å². The van der Waals surface area contributed by atoms with Crippen LogP contribution in [-0.4, -0.2) is 42.2 Å². The monoisotopic (exact) mass is 645 g/mol. The van der Waals surface area contributed by atoms with Crippen LogP contribution in [0.25, 0.3) is 20.9 Å². The van der Waals surface area contributed by atoms with Gasteiger partial charge in [0, 0.05) is 58.3 Å². The normalized spacial score (nSPS) is 16.5. The van der Waals surface area contributed by atoms with Gasteiger partial charge in [-0.05, 0) is 59.3 Å². The zero-order valence-electron chi connectivity index (χ0n) is 26.1. The van der Waals surface area contributed by atoms with Crippen LogP contribution in [0.2, 0.25) is 0 Å². The lowest BCUT2D eigenvalue weighted by atomic mass is 9.81. The predicted molar refractivity (Wildman–Crippen MR) is 182 cm³/mol. The highest BCUT2D eigenvalue weighted by molar-refractivity contribution is 6.01. The van der Waals surface area contributed by atoms with E-state index < -0.39 is 17.6 Å². The van der Waals surface area contributed by atoms with E-state index in [1.165, 1.54) is 5.56 Å². The van der Waals surface area contributed by atoms with Gasteiger partial charge in [-0.3, -0.25) is 10.2 Å². The molecule has 0 saturated heterocycles. The van der Waals surface area contributed by atoms with Crippen molar-refractivity contribution in [2.24, 2.45) is 15.2 Å². The molecule has 3 N–H and O–H groups in total. The Balaban J connectivity index is 1.54. The quantitative estimate of drug-likeness (QED) is 0.0385. The molecule has 0 bridgehead atoms. The van der Waals surface area contributed by atoms with Gasteiger partial charge in [-0.15, -0.1) is 0 Å². The van der Waals surface area contributed by atoms with E-state index in [1.54, 1.807) is 72.8 Å². The Bertz CT molecular complexity index is 1820. The Morgan fingerprint density at radius 2 is 1.58 bits per heavy atom. The van der Waals surface area contributed by atoms with E-state index in [2.05, 4.69) is 43.0 Å². The summed E-state index contributed by atoms with van der Waals surface area (Å²) in [6.45, 7) is 0.870. The molecule has 13 nitrogen and oxygen atoms in total. The SMILES string of the molecule is [N-]=[N+]=Nc1ccccc1C[C@]1(C(=O)NNCCCc2ccccc2)N=C(c2ccc(OCCCO)cc2)O[C@H]1c1ccccc1N=[N+]=[N-]. The molecule has 1 aliphatic heterocycles. The molecule has 1 aliphatic rings. The maximum absolute atomic E-state index is 14.5. The summed E-state index contributed by atoms with van der Waals surface area (Å²) in [7, 11) is 0. The van der Waals surface area contributed by atoms with Crippen molar-refractivity contribution in [3.63, 3.8) is 0 Å². The van der Waals surface area contributed by atoms with Crippen molar-refractivity contribution in [3.05, 3.63) is 146 Å². The number of ether oxygens (including phenoxy) is 2. The van der Waals surface area contributed by atoms with Crippen LogP contribution in [0.3, 0.4) is 0 Å². The smallest absolute Gasteiger partial charge is 0.266 e. The van der Waals surface area contributed by atoms with Crippen molar-refractivity contribution in [2.45, 2.75) is 37.3 Å². The average molecular weight is 646 g/mol. The van der Waals surface area contributed by atoms with Crippen molar-refractivity contribution in [2.75, 3.05) is 19.8 Å². The second-order valence-electron chi connectivity index (χ2n) is 11.0. The fourth-order valence-corrected chi connectivity index (χ4v) is 5.48. The number of azide groups is 2. The number of nitrogens with one attached hydrogen (secondary N) is 2. The molecule has 0 saturated carbocycles. The summed E-state index contributed by atoms with van der Waals surface area (Å²) in [5.41, 5.74) is 26.4. The molecule has 5 rings (SSSR count). The maximum atomic E-state index is 14.5. The van der Waals surface area contributed by atoms with Crippen LogP contribution in [-0.2, 0) is 22.4 Å². The molecular formula is C35H35N9O4. The molecule has 0 aliphatic carbocycles. The van der Waals surface area contributed by atoms with E-state index in [-0.39, 0.29) is 24.6 Å². The van der Waals surface area contributed by atoms with Crippen molar-refractivity contribution >= 4 is 23.2 Å². The van der Waals surface area contributed by atoms with Crippen LogP contribution in [0.1, 0.15) is 41.2 Å². The number of benzene rings is 4. The summed E-state index contributed by atoms with van der Waals surface area (Å²) >= 11 is 0. The number of aliphatic hydroxyl groups excluding tert-OH is 1. The first-order valence-corrected chi connectivity index (χ1v) is 15.5. The van der Waals surface area contributed by atoms with Crippen LogP contribution < -0.4 is 15.6 Å². The van der Waals surface area contributed by atoms with Gasteiger partial charge in [0.05, 0.1) is 6.61 Å². The van der Waals surface area contributed by atoms with Crippen molar-refractivity contribution in [1.29, 1.82) is 0 Å². The number of hydrogen-bond donors (Lipinski definition) is 3. The molecule has 0 radical (unpaired) electrons. The summed E-state index contributed by atoms with van der Waals surface area (Å²) in [4.78, 5) is 25.5. The number of amides is 1. The van der Waals surface area contributed by atoms with Gasteiger partial charge in [0.2, 0.25) is 5.90 Å². The molecule has 1 heterocycles. The lowest BCUT2D eigenvalue weighted by Gasteiger charge is -2.31. The summed E-state index contributed by atoms with van der Waals surface area (Å²) in [6.07, 6.45) is 1.03. The number of hydrogen-bond acceptors (Lipinski definition) is 8. The summed E-state index contributed by atoms with van der Waals surface area (Å²) < 4.78 is 12.2. The zero-order valence-corrected chi connectivity index (χ0v) is 26.1. The minimum atomic E-state index is -1.64. The zero-order chi connectivity index (χ0) is 33.6. The van der Waals surface area contributed by atoms with Gasteiger partial charge < -0.3 is 14.6 Å². The summed E-state index contributed by atoms with van der Waals surface area (Å²) in [6, 6.07) is 31.0. The maximum Gasteiger partial charge on any atom is 0.266 e. The first-order valence-electron chi connectivity index (χ1n) is 15.5. The largest absolute Gasteiger partial charge is 0.494 e. The van der Waals surface area contributed by atoms with Gasteiger partial charge in [-0.1, -0.05) is 89.1 Å². The Labute approximate surface area is 277 Å². The molecule has 4 aromatic rings. The predicted octanol–water partition coefficient (Wildman–Crippen LogP) is 7.08. The number of aliphatic imine (C=N–C) groups is 1. The number of nitrogens with zero attached hydrogens (tertiary/aromatic N) is 7. The molecule has 48 heavy (non-hydrogen) atoms. The van der Waals surface area contributed by atoms with Gasteiger partial charge in [0.15, 0.2) is 11.6 Å². The minimum absolute atomic E-state index is 0.0131. The number of aliphatic hydroxyl groups is 1. The Morgan fingerprint density at radius 1 is 0.896 bits per heavy atom. The van der Waals surface area contributed by atoms with E-state index >= 15 is 0 Å². The van der Waals surface area contributed by atoms with Crippen LogP contribution in [0.15, 0.2) is 118 Å². The van der Waals surface area contributed by atoms with Gasteiger partial charge in [-0.25, -0.2) is 10.4 Å². The van der Waals surface area contributed by atoms with Gasteiger partial charge in [0.1, 0.15) is 5.75 Å². The number of rotatable bonds is 16. The molecule has 1 amide bonds. The topological polar surface area (TPSA) is 190 Å². The third-order valence-electron chi connectivity index (χ3n) is 7.82. The standard InChI is InChI=1S/C35H35N9O4/c36-43-40-30-15-6-4-13-27(30)24-35(34(46)42-38-21-8-12-25-10-2-1-3-11-25)32(29-14-5-7-16-31(29)41-44-37)48-33(39-35)26-17-19-28(20-18-26)47-23-9-22-45/h1-7,10-11,13-20,32,38,45H,8-9,12,21-24H2,(H,42,46)/t32-,35-/m0/s1. The highest BCUT2D eigenvalue weighted by Crippen LogP contribution is 2.46. The molecule has 0 fully saturated rings. The second kappa shape index (κ2) is 16.6. The van der Waals surface area contributed by atoms with Crippen molar-refractivity contribution < 1.29 is 19.4 Å². The van der Waals surface area contributed by atoms with E-state index in [0.717, 1.165) is 12.8 Å². The molecular weight excluding hydrogens is 610 g/mol. The van der Waals surface area contributed by atoms with E-state index in [1.807, 2.05) is 18.2 Å². The van der Waals surface area contributed by atoms with Crippen LogP contribution in [0, 0.1) is 0 Å². The third kappa shape index (κ3) is 8.11. The van der Waals surface area contributed by atoms with Gasteiger partial charge in [-0.2, -0.15) is 0 Å². The van der Waals surface area contributed by atoms with Crippen LogP contribution in [0.5, 0.6) is 5.75 Å². The Hall–Kier alpha value is -5.84. The Morgan fingerprint density at radius 3 is 2.33 bits per heavy atom. The molecule has 0 spiro atoms. The summed E-state index contributed by atoms with van der Waals surface area (Å²) in [5, 5.41) is 16.8. The number of carbonyl (C=O) groups excluding carboxylic acids is 1. The number of aryl methyl sites for hydroxylation is 1. The van der Waals surface area contributed by atoms with Crippen molar-refractivity contribution in [3.8, 4) is 5.75 Å². The number of carbonyl (C=O) groups is 1. The van der Waals surface area contributed by atoms with Crippen LogP contribution in [0.4, 0.5) is 11.4 Å². The lowest BCUT2D eigenvalue weighted by molar-refractivity contribution is -0.130. The fourth-order valence-electron chi connectivity index (χ4n) is 5.48. The highest BCUT2D eigenvalue weighted by Gasteiger charge is 2.54. The van der Waals surface area contributed by atoms with E-state index in [9.17, 15) is 15.9 Å². The highest BCUT2D eigenvalue weighted by atomic mass is 16.5. The van der Waals surface area contributed by atoms with Gasteiger partial charge >= 0.3 is 0 Å². The second-order valence-corrected chi connectivity index (χ2v) is 11.0. The molecule has 0 unspecified atom stereocenters. The first-order chi connectivity index (χ1) is 23.6. The Kier molecular flexibility index (Phi) is 11.6. The molecule has 244 valence electrons.